The first-order valence-electron chi connectivity index (χ1n) is 2.65. The SMILES string of the molecule is Cn1ncc(S(=O)(=O)Cl)c1N. The summed E-state index contributed by atoms with van der Waals surface area (Å²) in [5, 5.41) is 3.61. The minimum Gasteiger partial charge on any atom is -0.383 e. The first-order chi connectivity index (χ1) is 4.93. The van der Waals surface area contributed by atoms with Crippen LogP contribution in [-0.2, 0) is 16.1 Å². The van der Waals surface area contributed by atoms with Crippen LogP contribution in [0.5, 0.6) is 0 Å². The molecule has 0 amide bonds. The molecule has 7 heteroatoms. The number of nitrogen functional groups attached to an aromatic ring is 1. The molecule has 1 aromatic heterocycles. The van der Waals surface area contributed by atoms with Crippen LogP contribution in [0, 0.1) is 0 Å². The second kappa shape index (κ2) is 2.38. The standard InChI is InChI=1S/C4H6ClN3O2S/c1-8-4(6)3(2-7-8)11(5,9)10/h2H,6H2,1H3. The van der Waals surface area contributed by atoms with Gasteiger partial charge >= 0.3 is 0 Å². The van der Waals surface area contributed by atoms with Crippen molar-refractivity contribution in [2.75, 3.05) is 5.73 Å². The molecule has 0 spiro atoms. The molecule has 0 saturated heterocycles. The third-order valence-corrected chi connectivity index (χ3v) is 2.55. The summed E-state index contributed by atoms with van der Waals surface area (Å²) in [6, 6.07) is 0. The fourth-order valence-corrected chi connectivity index (χ4v) is 1.53. The molecule has 1 heterocycles. The summed E-state index contributed by atoms with van der Waals surface area (Å²) in [5.74, 6) is 0.0417. The maximum absolute atomic E-state index is 10.7. The van der Waals surface area contributed by atoms with E-state index in [-0.39, 0.29) is 10.7 Å². The van der Waals surface area contributed by atoms with Gasteiger partial charge in [0.25, 0.3) is 9.05 Å². The third kappa shape index (κ3) is 1.46. The first kappa shape index (κ1) is 8.35. The molecule has 0 aliphatic heterocycles. The Kier molecular flexibility index (Phi) is 1.81. The lowest BCUT2D eigenvalue weighted by molar-refractivity contribution is 0.610. The minimum atomic E-state index is -3.75. The normalized spacial score (nSPS) is 11.8. The molecule has 0 saturated carbocycles. The Morgan fingerprint density at radius 1 is 1.73 bits per heavy atom. The van der Waals surface area contributed by atoms with Crippen LogP contribution in [0.3, 0.4) is 0 Å². The van der Waals surface area contributed by atoms with Crippen LogP contribution in [0.15, 0.2) is 11.1 Å². The average Bonchev–Trinajstić information content (AvgIpc) is 2.11. The van der Waals surface area contributed by atoms with Crippen LogP contribution in [0.1, 0.15) is 0 Å². The van der Waals surface area contributed by atoms with Gasteiger partial charge in [-0.25, -0.2) is 8.42 Å². The quantitative estimate of drug-likeness (QED) is 0.637. The highest BCUT2D eigenvalue weighted by Crippen LogP contribution is 2.20. The number of nitrogens with two attached hydrogens (primary N) is 1. The Morgan fingerprint density at radius 2 is 2.27 bits per heavy atom. The van der Waals surface area contributed by atoms with Crippen LogP contribution < -0.4 is 5.73 Å². The smallest absolute Gasteiger partial charge is 0.266 e. The predicted octanol–water partition coefficient (Wildman–Crippen LogP) is -0.0702. The Balaban J connectivity index is 3.38. The van der Waals surface area contributed by atoms with Crippen LogP contribution in [0.25, 0.3) is 0 Å². The van der Waals surface area contributed by atoms with Gasteiger partial charge < -0.3 is 5.73 Å². The Morgan fingerprint density at radius 3 is 2.45 bits per heavy atom. The lowest BCUT2D eigenvalue weighted by atomic mass is 10.6. The second-order valence-corrected chi connectivity index (χ2v) is 4.49. The van der Waals surface area contributed by atoms with E-state index in [1.807, 2.05) is 0 Å². The number of nitrogens with zero attached hydrogens (tertiary/aromatic N) is 2. The van der Waals surface area contributed by atoms with Gasteiger partial charge in [0.15, 0.2) is 0 Å². The van der Waals surface area contributed by atoms with E-state index in [4.69, 9.17) is 16.4 Å². The molecule has 1 rings (SSSR count). The number of hydrogen-bond acceptors (Lipinski definition) is 4. The molecule has 62 valence electrons. The van der Waals surface area contributed by atoms with Gasteiger partial charge in [0.2, 0.25) is 0 Å². The van der Waals surface area contributed by atoms with Crippen LogP contribution in [0.2, 0.25) is 0 Å². The summed E-state index contributed by atoms with van der Waals surface area (Å²) in [6.45, 7) is 0. The van der Waals surface area contributed by atoms with Crippen LogP contribution in [-0.4, -0.2) is 18.2 Å². The number of anilines is 1. The lowest BCUT2D eigenvalue weighted by Gasteiger charge is -1.94. The fourth-order valence-electron chi connectivity index (χ4n) is 0.615. The van der Waals surface area contributed by atoms with Crippen molar-refractivity contribution in [3.8, 4) is 0 Å². The molecule has 0 radical (unpaired) electrons. The molecular weight excluding hydrogens is 190 g/mol. The highest BCUT2D eigenvalue weighted by molar-refractivity contribution is 8.13. The summed E-state index contributed by atoms with van der Waals surface area (Å²) >= 11 is 0. The van der Waals surface area contributed by atoms with E-state index >= 15 is 0 Å². The number of aryl methyl sites for hydroxylation is 1. The van der Waals surface area contributed by atoms with Crippen LogP contribution in [0.4, 0.5) is 5.82 Å². The lowest BCUT2D eigenvalue weighted by Crippen LogP contribution is -2.00. The summed E-state index contributed by atoms with van der Waals surface area (Å²) in [6.07, 6.45) is 1.11. The van der Waals surface area contributed by atoms with E-state index in [1.165, 1.54) is 11.7 Å². The van der Waals surface area contributed by atoms with Gasteiger partial charge in [0.1, 0.15) is 10.7 Å². The van der Waals surface area contributed by atoms with E-state index < -0.39 is 9.05 Å². The summed E-state index contributed by atoms with van der Waals surface area (Å²) < 4.78 is 22.6. The van der Waals surface area contributed by atoms with Crippen molar-refractivity contribution >= 4 is 25.6 Å². The van der Waals surface area contributed by atoms with Crippen molar-refractivity contribution in [2.24, 2.45) is 7.05 Å². The van der Waals surface area contributed by atoms with Gasteiger partial charge in [-0.05, 0) is 0 Å². The van der Waals surface area contributed by atoms with E-state index in [1.54, 1.807) is 0 Å². The van der Waals surface area contributed by atoms with Crippen molar-refractivity contribution in [2.45, 2.75) is 4.90 Å². The van der Waals surface area contributed by atoms with Gasteiger partial charge in [0.05, 0.1) is 6.20 Å². The average molecular weight is 196 g/mol. The predicted molar refractivity (Wildman–Crippen MR) is 40.7 cm³/mol. The van der Waals surface area contributed by atoms with Crippen LogP contribution >= 0.6 is 10.7 Å². The number of rotatable bonds is 1. The highest BCUT2D eigenvalue weighted by Gasteiger charge is 2.17. The Labute approximate surface area is 68.2 Å². The van der Waals surface area contributed by atoms with Gasteiger partial charge in [-0.1, -0.05) is 0 Å². The Bertz CT molecular complexity index is 369. The zero-order valence-electron chi connectivity index (χ0n) is 5.65. The first-order valence-corrected chi connectivity index (χ1v) is 4.96. The summed E-state index contributed by atoms with van der Waals surface area (Å²) in [5.41, 5.74) is 5.33. The largest absolute Gasteiger partial charge is 0.383 e. The van der Waals surface area contributed by atoms with Crippen molar-refractivity contribution in [1.82, 2.24) is 9.78 Å². The van der Waals surface area contributed by atoms with E-state index in [2.05, 4.69) is 5.10 Å². The molecule has 0 bridgehead atoms. The monoisotopic (exact) mass is 195 g/mol. The third-order valence-electron chi connectivity index (χ3n) is 1.21. The van der Waals surface area contributed by atoms with Crippen molar-refractivity contribution < 1.29 is 8.42 Å². The molecule has 0 atom stereocenters. The topological polar surface area (TPSA) is 78.0 Å². The molecule has 0 fully saturated rings. The zero-order chi connectivity index (χ0) is 8.65. The van der Waals surface area contributed by atoms with Crippen molar-refractivity contribution in [3.63, 3.8) is 0 Å². The second-order valence-electron chi connectivity index (χ2n) is 1.96. The minimum absolute atomic E-state index is 0.0417. The van der Waals surface area contributed by atoms with Crippen molar-refractivity contribution in [1.29, 1.82) is 0 Å². The fraction of sp³-hybridized carbons (Fsp3) is 0.250. The molecule has 1 aromatic rings. The van der Waals surface area contributed by atoms with Gasteiger partial charge in [-0.15, -0.1) is 0 Å². The van der Waals surface area contributed by atoms with E-state index in [9.17, 15) is 8.42 Å². The maximum Gasteiger partial charge on any atom is 0.266 e. The molecule has 0 aliphatic rings. The molecule has 0 aliphatic carbocycles. The molecular formula is C4H6ClN3O2S. The zero-order valence-corrected chi connectivity index (χ0v) is 7.22. The molecule has 0 unspecified atom stereocenters. The highest BCUT2D eigenvalue weighted by atomic mass is 35.7. The number of aromatic nitrogens is 2. The van der Waals surface area contributed by atoms with Gasteiger partial charge in [-0.3, -0.25) is 4.68 Å². The molecule has 11 heavy (non-hydrogen) atoms. The van der Waals surface area contributed by atoms with Crippen molar-refractivity contribution in [3.05, 3.63) is 6.20 Å². The molecule has 5 nitrogen and oxygen atoms in total. The molecule has 2 N–H and O–H groups in total. The van der Waals surface area contributed by atoms with E-state index in [0.29, 0.717) is 0 Å². The summed E-state index contributed by atoms with van der Waals surface area (Å²) in [7, 11) is 2.80. The number of hydrogen-bond donors (Lipinski definition) is 1. The molecule has 0 aromatic carbocycles. The van der Waals surface area contributed by atoms with E-state index in [0.717, 1.165) is 6.20 Å². The van der Waals surface area contributed by atoms with Gasteiger partial charge in [0, 0.05) is 17.7 Å². The Hall–Kier alpha value is -0.750. The number of halogens is 1. The summed E-state index contributed by atoms with van der Waals surface area (Å²) in [4.78, 5) is -0.151. The maximum atomic E-state index is 10.7. The van der Waals surface area contributed by atoms with Gasteiger partial charge in [-0.2, -0.15) is 5.10 Å².